The van der Waals surface area contributed by atoms with Gasteiger partial charge in [-0.2, -0.15) is 0 Å². The van der Waals surface area contributed by atoms with Crippen LogP contribution in [0.25, 0.3) is 0 Å². The van der Waals surface area contributed by atoms with Gasteiger partial charge in [0.1, 0.15) is 0 Å². The summed E-state index contributed by atoms with van der Waals surface area (Å²) < 4.78 is 0. The molecule has 2 atom stereocenters. The predicted octanol–water partition coefficient (Wildman–Crippen LogP) is 1.43. The van der Waals surface area contributed by atoms with Crippen LogP contribution in [0.15, 0.2) is 0 Å². The third-order valence-electron chi connectivity index (χ3n) is 4.05. The average Bonchev–Trinajstić information content (AvgIpc) is 2.63. The largest absolute Gasteiger partial charge is 0.481 e. The van der Waals surface area contributed by atoms with Gasteiger partial charge in [0.05, 0.1) is 5.92 Å². The molecule has 5 nitrogen and oxygen atoms in total. The highest BCUT2D eigenvalue weighted by atomic mass is 16.4. The molecule has 96 valence electrons. The third kappa shape index (κ3) is 2.70. The molecule has 5 heteroatoms. The van der Waals surface area contributed by atoms with Gasteiger partial charge in [-0.3, -0.25) is 4.79 Å². The molecule has 2 fully saturated rings. The molecular weight excluding hydrogens is 220 g/mol. The first kappa shape index (κ1) is 12.2. The van der Waals surface area contributed by atoms with Gasteiger partial charge in [0, 0.05) is 19.1 Å². The highest BCUT2D eigenvalue weighted by Gasteiger charge is 2.32. The van der Waals surface area contributed by atoms with Crippen LogP contribution in [0.4, 0.5) is 4.79 Å². The molecule has 2 aliphatic rings. The fourth-order valence-corrected chi connectivity index (χ4v) is 2.55. The van der Waals surface area contributed by atoms with E-state index in [1.165, 1.54) is 6.42 Å². The van der Waals surface area contributed by atoms with Crippen molar-refractivity contribution < 1.29 is 14.7 Å². The molecule has 17 heavy (non-hydrogen) atoms. The maximum absolute atomic E-state index is 11.9. The zero-order valence-corrected chi connectivity index (χ0v) is 10.2. The van der Waals surface area contributed by atoms with E-state index in [0.717, 1.165) is 19.3 Å². The van der Waals surface area contributed by atoms with Crippen molar-refractivity contribution in [1.29, 1.82) is 0 Å². The summed E-state index contributed by atoms with van der Waals surface area (Å²) in [6.07, 6.45) is 5.40. The van der Waals surface area contributed by atoms with Crippen LogP contribution in [0.2, 0.25) is 0 Å². The number of carbonyl (C=O) groups excluding carboxylic acids is 1. The van der Waals surface area contributed by atoms with Crippen molar-refractivity contribution in [2.75, 3.05) is 7.05 Å². The summed E-state index contributed by atoms with van der Waals surface area (Å²) in [5, 5.41) is 11.8. The van der Waals surface area contributed by atoms with Gasteiger partial charge < -0.3 is 15.3 Å². The molecule has 2 N–H and O–H groups in total. The van der Waals surface area contributed by atoms with Gasteiger partial charge in [-0.15, -0.1) is 0 Å². The number of carbonyl (C=O) groups is 2. The van der Waals surface area contributed by atoms with Crippen LogP contribution in [0.3, 0.4) is 0 Å². The first-order chi connectivity index (χ1) is 8.08. The molecule has 2 aliphatic carbocycles. The smallest absolute Gasteiger partial charge is 0.317 e. The van der Waals surface area contributed by atoms with Crippen LogP contribution in [0, 0.1) is 5.92 Å². The fraction of sp³-hybridized carbons (Fsp3) is 0.833. The Morgan fingerprint density at radius 3 is 2.41 bits per heavy atom. The Morgan fingerprint density at radius 1 is 1.24 bits per heavy atom. The van der Waals surface area contributed by atoms with Crippen LogP contribution >= 0.6 is 0 Å². The van der Waals surface area contributed by atoms with Crippen molar-refractivity contribution in [2.24, 2.45) is 5.92 Å². The number of nitrogens with zero attached hydrogens (tertiary/aromatic N) is 1. The minimum absolute atomic E-state index is 0.0335. The first-order valence-electron chi connectivity index (χ1n) is 6.34. The molecule has 2 rings (SSSR count). The van der Waals surface area contributed by atoms with E-state index < -0.39 is 5.97 Å². The van der Waals surface area contributed by atoms with Crippen LogP contribution < -0.4 is 5.32 Å². The number of urea groups is 1. The fourth-order valence-electron chi connectivity index (χ4n) is 2.55. The van der Waals surface area contributed by atoms with Crippen molar-refractivity contribution in [1.82, 2.24) is 10.2 Å². The Balaban J connectivity index is 1.77. The standard InChI is InChI=1S/C12H20N2O3/c1-14(10-3-2-4-10)12(17)13-9-6-5-8(7-9)11(15)16/h8-10H,2-7H2,1H3,(H,13,17)(H,15,16)/t8-,9+/m1/s1. The maximum Gasteiger partial charge on any atom is 0.317 e. The number of hydrogen-bond acceptors (Lipinski definition) is 2. The second kappa shape index (κ2) is 4.94. The SMILES string of the molecule is CN(C(=O)N[C@H]1CC[C@@H](C(=O)O)C1)C1CCC1. The van der Waals surface area contributed by atoms with E-state index >= 15 is 0 Å². The summed E-state index contributed by atoms with van der Waals surface area (Å²) in [7, 11) is 1.82. The molecule has 0 saturated heterocycles. The molecule has 0 heterocycles. The predicted molar refractivity (Wildman–Crippen MR) is 62.7 cm³/mol. The van der Waals surface area contributed by atoms with E-state index in [-0.39, 0.29) is 18.0 Å². The molecule has 0 aromatic heterocycles. The monoisotopic (exact) mass is 240 g/mol. The zero-order valence-electron chi connectivity index (χ0n) is 10.2. The summed E-state index contributed by atoms with van der Waals surface area (Å²) in [5.74, 6) is -1.02. The molecule has 0 unspecified atom stereocenters. The second-order valence-electron chi connectivity index (χ2n) is 5.19. The van der Waals surface area contributed by atoms with Crippen molar-refractivity contribution in [2.45, 2.75) is 50.6 Å². The van der Waals surface area contributed by atoms with E-state index in [9.17, 15) is 9.59 Å². The summed E-state index contributed by atoms with van der Waals surface area (Å²) in [4.78, 5) is 24.4. The number of carboxylic acids is 1. The van der Waals surface area contributed by atoms with Gasteiger partial charge in [-0.25, -0.2) is 4.79 Å². The highest BCUT2D eigenvalue weighted by molar-refractivity contribution is 5.75. The van der Waals surface area contributed by atoms with Crippen LogP contribution in [-0.2, 0) is 4.79 Å². The summed E-state index contributed by atoms with van der Waals surface area (Å²) in [6, 6.07) is 0.364. The number of carboxylic acid groups (broad SMARTS) is 1. The maximum atomic E-state index is 11.9. The van der Waals surface area contributed by atoms with E-state index in [4.69, 9.17) is 5.11 Å². The van der Waals surface area contributed by atoms with Crippen LogP contribution in [-0.4, -0.2) is 41.1 Å². The van der Waals surface area contributed by atoms with E-state index in [2.05, 4.69) is 5.32 Å². The molecule has 0 aromatic rings. The quantitative estimate of drug-likeness (QED) is 0.784. The molecule has 2 saturated carbocycles. The topological polar surface area (TPSA) is 69.6 Å². The summed E-state index contributed by atoms with van der Waals surface area (Å²) >= 11 is 0. The third-order valence-corrected chi connectivity index (χ3v) is 4.05. The zero-order chi connectivity index (χ0) is 12.4. The highest BCUT2D eigenvalue weighted by Crippen LogP contribution is 2.27. The van der Waals surface area contributed by atoms with Gasteiger partial charge in [0.2, 0.25) is 0 Å². The Labute approximate surface area is 101 Å². The van der Waals surface area contributed by atoms with E-state index in [1.54, 1.807) is 4.90 Å². The molecule has 0 aliphatic heterocycles. The number of rotatable bonds is 3. The van der Waals surface area contributed by atoms with Crippen LogP contribution in [0.5, 0.6) is 0 Å². The van der Waals surface area contributed by atoms with Gasteiger partial charge in [-0.05, 0) is 38.5 Å². The first-order valence-corrected chi connectivity index (χ1v) is 6.34. The summed E-state index contributed by atoms with van der Waals surface area (Å²) in [6.45, 7) is 0. The van der Waals surface area contributed by atoms with Crippen molar-refractivity contribution in [3.8, 4) is 0 Å². The molecule has 2 amide bonds. The lowest BCUT2D eigenvalue weighted by molar-refractivity contribution is -0.141. The number of hydrogen-bond donors (Lipinski definition) is 2. The Kier molecular flexibility index (Phi) is 3.54. The normalized spacial score (nSPS) is 28.5. The molecule has 0 spiro atoms. The lowest BCUT2D eigenvalue weighted by Crippen LogP contribution is -2.49. The summed E-state index contributed by atoms with van der Waals surface area (Å²) in [5.41, 5.74) is 0. The van der Waals surface area contributed by atoms with Crippen molar-refractivity contribution >= 4 is 12.0 Å². The Morgan fingerprint density at radius 2 is 1.94 bits per heavy atom. The Bertz CT molecular complexity index is 315. The van der Waals surface area contributed by atoms with E-state index in [0.29, 0.717) is 18.9 Å². The number of amides is 2. The van der Waals surface area contributed by atoms with Crippen molar-refractivity contribution in [3.05, 3.63) is 0 Å². The van der Waals surface area contributed by atoms with Crippen LogP contribution in [0.1, 0.15) is 38.5 Å². The van der Waals surface area contributed by atoms with Gasteiger partial charge >= 0.3 is 12.0 Å². The van der Waals surface area contributed by atoms with Gasteiger partial charge in [0.15, 0.2) is 0 Å². The lowest BCUT2D eigenvalue weighted by atomic mass is 9.92. The van der Waals surface area contributed by atoms with Crippen molar-refractivity contribution in [3.63, 3.8) is 0 Å². The molecule has 0 radical (unpaired) electrons. The molecule has 0 aromatic carbocycles. The second-order valence-corrected chi connectivity index (χ2v) is 5.19. The van der Waals surface area contributed by atoms with Gasteiger partial charge in [-0.1, -0.05) is 0 Å². The average molecular weight is 240 g/mol. The van der Waals surface area contributed by atoms with E-state index in [1.807, 2.05) is 7.05 Å². The minimum Gasteiger partial charge on any atom is -0.481 e. The number of aliphatic carboxylic acids is 1. The lowest BCUT2D eigenvalue weighted by Gasteiger charge is -2.35. The minimum atomic E-state index is -0.742. The molecule has 0 bridgehead atoms. The Hall–Kier alpha value is -1.26. The molecular formula is C12H20N2O3. The van der Waals surface area contributed by atoms with Gasteiger partial charge in [0.25, 0.3) is 0 Å². The number of nitrogens with one attached hydrogen (secondary N) is 1.